The van der Waals surface area contributed by atoms with E-state index in [0.29, 0.717) is 4.75 Å². The average Bonchev–Trinajstić information content (AvgIpc) is 2.85. The summed E-state index contributed by atoms with van der Waals surface area (Å²) >= 11 is 2.06. The molecule has 0 saturated carbocycles. The topological polar surface area (TPSA) is 43.8 Å². The van der Waals surface area contributed by atoms with E-state index in [2.05, 4.69) is 28.4 Å². The number of nitrogens with zero attached hydrogens (tertiary/aromatic N) is 2. The number of aryl methyl sites for hydroxylation is 2. The van der Waals surface area contributed by atoms with Gasteiger partial charge in [-0.3, -0.25) is 0 Å². The molecule has 0 spiro atoms. The minimum absolute atomic E-state index is 0.339. The van der Waals surface area contributed by atoms with Crippen molar-refractivity contribution in [2.45, 2.75) is 30.4 Å². The fourth-order valence-corrected chi connectivity index (χ4v) is 3.57. The number of hydrogen-bond acceptors (Lipinski definition) is 3. The highest BCUT2D eigenvalue weighted by atomic mass is 32.2. The van der Waals surface area contributed by atoms with Crippen molar-refractivity contribution in [1.82, 2.24) is 9.55 Å². The minimum Gasteiger partial charge on any atom is -0.338 e. The van der Waals surface area contributed by atoms with Crippen molar-refractivity contribution in [3.05, 3.63) is 18.2 Å². The van der Waals surface area contributed by atoms with E-state index in [0.717, 1.165) is 13.0 Å². The zero-order valence-corrected chi connectivity index (χ0v) is 10.1. The second kappa shape index (κ2) is 4.58. The Balaban J connectivity index is 1.94. The van der Waals surface area contributed by atoms with Gasteiger partial charge in [-0.25, -0.2) is 4.98 Å². The lowest BCUT2D eigenvalue weighted by Gasteiger charge is -2.25. The van der Waals surface area contributed by atoms with E-state index in [1.54, 1.807) is 0 Å². The summed E-state index contributed by atoms with van der Waals surface area (Å²) in [6.45, 7) is 0.808. The minimum atomic E-state index is 0.339. The van der Waals surface area contributed by atoms with Crippen LogP contribution in [0.2, 0.25) is 0 Å². The summed E-state index contributed by atoms with van der Waals surface area (Å²) in [5.74, 6) is 2.45. The first-order chi connectivity index (χ1) is 7.26. The first kappa shape index (κ1) is 11.0. The van der Waals surface area contributed by atoms with E-state index in [-0.39, 0.29) is 0 Å². The summed E-state index contributed by atoms with van der Waals surface area (Å²) in [5.41, 5.74) is 5.90. The van der Waals surface area contributed by atoms with Crippen LogP contribution in [0.4, 0.5) is 0 Å². The Morgan fingerprint density at radius 1 is 1.67 bits per heavy atom. The van der Waals surface area contributed by atoms with Gasteiger partial charge in [0.15, 0.2) is 0 Å². The van der Waals surface area contributed by atoms with Crippen molar-refractivity contribution < 1.29 is 0 Å². The van der Waals surface area contributed by atoms with Crippen LogP contribution in [0.15, 0.2) is 12.4 Å². The molecule has 3 nitrogen and oxygen atoms in total. The third kappa shape index (κ3) is 2.37. The van der Waals surface area contributed by atoms with Gasteiger partial charge in [-0.05, 0) is 25.0 Å². The van der Waals surface area contributed by atoms with E-state index in [9.17, 15) is 0 Å². The molecule has 2 N–H and O–H groups in total. The van der Waals surface area contributed by atoms with E-state index in [4.69, 9.17) is 5.73 Å². The lowest BCUT2D eigenvalue weighted by Crippen LogP contribution is -2.32. The van der Waals surface area contributed by atoms with Gasteiger partial charge in [0.1, 0.15) is 5.82 Å². The first-order valence-electron chi connectivity index (χ1n) is 5.56. The quantitative estimate of drug-likeness (QED) is 0.846. The monoisotopic (exact) mass is 225 g/mol. The summed E-state index contributed by atoms with van der Waals surface area (Å²) in [5, 5.41) is 0. The summed E-state index contributed by atoms with van der Waals surface area (Å²) < 4.78 is 2.44. The lowest BCUT2D eigenvalue weighted by molar-refractivity contribution is 0.516. The van der Waals surface area contributed by atoms with Crippen LogP contribution in [-0.4, -0.2) is 26.6 Å². The molecule has 1 atom stereocenters. The molecular weight excluding hydrogens is 206 g/mol. The third-order valence-corrected chi connectivity index (χ3v) is 4.96. The van der Waals surface area contributed by atoms with Crippen LogP contribution in [0.25, 0.3) is 0 Å². The lowest BCUT2D eigenvalue weighted by atomic mass is 9.97. The molecule has 0 radical (unpaired) electrons. The Kier molecular flexibility index (Phi) is 3.36. The third-order valence-electron chi connectivity index (χ3n) is 3.28. The fraction of sp³-hybridized carbons (Fsp3) is 0.727. The Morgan fingerprint density at radius 3 is 3.07 bits per heavy atom. The maximum atomic E-state index is 5.90. The average molecular weight is 225 g/mol. The molecule has 2 rings (SSSR count). The molecule has 0 aliphatic carbocycles. The molecule has 1 aliphatic heterocycles. The molecule has 2 heterocycles. The molecule has 0 aromatic carbocycles. The summed E-state index contributed by atoms with van der Waals surface area (Å²) in [7, 11) is 2.05. The van der Waals surface area contributed by atoms with Gasteiger partial charge < -0.3 is 10.3 Å². The number of rotatable bonds is 4. The summed E-state index contributed by atoms with van der Waals surface area (Å²) in [4.78, 5) is 4.36. The number of hydrogen-bond donors (Lipinski definition) is 1. The van der Waals surface area contributed by atoms with Crippen molar-refractivity contribution in [3.63, 3.8) is 0 Å². The number of thioether (sulfide) groups is 1. The number of nitrogens with two attached hydrogens (primary N) is 1. The second-order valence-corrected chi connectivity index (χ2v) is 5.86. The highest BCUT2D eigenvalue weighted by Gasteiger charge is 2.32. The molecule has 1 saturated heterocycles. The number of aromatic nitrogens is 2. The van der Waals surface area contributed by atoms with Gasteiger partial charge in [-0.2, -0.15) is 11.8 Å². The zero-order valence-electron chi connectivity index (χ0n) is 9.28. The molecule has 1 aromatic heterocycles. The molecule has 1 fully saturated rings. The molecule has 15 heavy (non-hydrogen) atoms. The molecular formula is C11H19N3S. The van der Waals surface area contributed by atoms with Crippen molar-refractivity contribution in [2.24, 2.45) is 12.8 Å². The SMILES string of the molecule is Cn1ccnc1CCC1(CN)CCCS1. The highest BCUT2D eigenvalue weighted by molar-refractivity contribution is 8.00. The smallest absolute Gasteiger partial charge is 0.108 e. The van der Waals surface area contributed by atoms with Gasteiger partial charge in [0, 0.05) is 37.2 Å². The van der Waals surface area contributed by atoms with Crippen LogP contribution >= 0.6 is 11.8 Å². The molecule has 1 aromatic rings. The van der Waals surface area contributed by atoms with E-state index < -0.39 is 0 Å². The van der Waals surface area contributed by atoms with Crippen LogP contribution in [0.5, 0.6) is 0 Å². The Bertz CT molecular complexity index is 315. The predicted molar refractivity (Wildman–Crippen MR) is 65.0 cm³/mol. The molecule has 1 aliphatic rings. The standard InChI is InChI=1S/C11H19N3S/c1-14-7-6-13-10(14)3-5-11(9-12)4-2-8-15-11/h6-7H,2-5,8-9,12H2,1H3. The van der Waals surface area contributed by atoms with Crippen molar-refractivity contribution in [1.29, 1.82) is 0 Å². The first-order valence-corrected chi connectivity index (χ1v) is 6.55. The number of imidazole rings is 1. The van der Waals surface area contributed by atoms with Crippen LogP contribution in [0, 0.1) is 0 Å². The Hall–Kier alpha value is -0.480. The van der Waals surface area contributed by atoms with Gasteiger partial charge in [0.25, 0.3) is 0 Å². The zero-order chi connectivity index (χ0) is 10.7. The molecule has 4 heteroatoms. The maximum Gasteiger partial charge on any atom is 0.108 e. The van der Waals surface area contributed by atoms with Gasteiger partial charge >= 0.3 is 0 Å². The van der Waals surface area contributed by atoms with Crippen LogP contribution in [-0.2, 0) is 13.5 Å². The second-order valence-electron chi connectivity index (χ2n) is 4.29. The van der Waals surface area contributed by atoms with Crippen LogP contribution < -0.4 is 5.73 Å². The van der Waals surface area contributed by atoms with Gasteiger partial charge in [0.2, 0.25) is 0 Å². The van der Waals surface area contributed by atoms with Gasteiger partial charge in [0.05, 0.1) is 0 Å². The Labute approximate surface area is 95.4 Å². The summed E-state index contributed by atoms with van der Waals surface area (Å²) in [6, 6.07) is 0. The molecule has 1 unspecified atom stereocenters. The normalized spacial score (nSPS) is 26.0. The van der Waals surface area contributed by atoms with E-state index in [1.807, 2.05) is 12.4 Å². The molecule has 0 bridgehead atoms. The van der Waals surface area contributed by atoms with Gasteiger partial charge in [-0.1, -0.05) is 0 Å². The molecule has 0 amide bonds. The maximum absolute atomic E-state index is 5.90. The largest absolute Gasteiger partial charge is 0.338 e. The van der Waals surface area contributed by atoms with Crippen LogP contribution in [0.3, 0.4) is 0 Å². The Morgan fingerprint density at radius 2 is 2.53 bits per heavy atom. The van der Waals surface area contributed by atoms with E-state index >= 15 is 0 Å². The van der Waals surface area contributed by atoms with Crippen molar-refractivity contribution in [2.75, 3.05) is 12.3 Å². The van der Waals surface area contributed by atoms with Crippen LogP contribution in [0.1, 0.15) is 25.1 Å². The molecule has 84 valence electrons. The predicted octanol–water partition coefficient (Wildman–Crippen LogP) is 1.58. The highest BCUT2D eigenvalue weighted by Crippen LogP contribution is 2.40. The van der Waals surface area contributed by atoms with Crippen molar-refractivity contribution in [3.8, 4) is 0 Å². The van der Waals surface area contributed by atoms with Crippen molar-refractivity contribution >= 4 is 11.8 Å². The fourth-order valence-electron chi connectivity index (χ4n) is 2.19. The van der Waals surface area contributed by atoms with E-state index in [1.165, 1.54) is 30.8 Å². The summed E-state index contributed by atoms with van der Waals surface area (Å²) in [6.07, 6.45) is 8.69. The van der Waals surface area contributed by atoms with Gasteiger partial charge in [-0.15, -0.1) is 0 Å².